The number of carbonyl (C=O) groups excluding carboxylic acids is 1. The lowest BCUT2D eigenvalue weighted by atomic mass is 10.0. The number of pyridine rings is 2. The number of anilines is 1. The van der Waals surface area contributed by atoms with Crippen molar-refractivity contribution in [1.82, 2.24) is 9.97 Å². The van der Waals surface area contributed by atoms with E-state index in [9.17, 15) is 22.4 Å². The average molecular weight is 460 g/mol. The molecule has 10 heteroatoms. The predicted octanol–water partition coefficient (Wildman–Crippen LogP) is 4.45. The number of amides is 1. The van der Waals surface area contributed by atoms with Gasteiger partial charge in [-0.15, -0.1) is 0 Å². The lowest BCUT2D eigenvalue weighted by molar-refractivity contribution is -0.141. The number of benzene rings is 1. The van der Waals surface area contributed by atoms with Crippen LogP contribution in [0.5, 0.6) is 5.75 Å². The molecule has 33 heavy (non-hydrogen) atoms. The first-order chi connectivity index (χ1) is 15.7. The molecular weight excluding hydrogens is 440 g/mol. The largest absolute Gasteiger partial charge is 0.489 e. The first kappa shape index (κ1) is 22.5. The summed E-state index contributed by atoms with van der Waals surface area (Å²) in [7, 11) is 0. The molecule has 172 valence electrons. The number of piperidine rings is 1. The molecule has 0 atom stereocenters. The highest BCUT2D eigenvalue weighted by Gasteiger charge is 2.32. The Kier molecular flexibility index (Phi) is 6.17. The van der Waals surface area contributed by atoms with Gasteiger partial charge in [0.1, 0.15) is 29.1 Å². The number of ether oxygens (including phenoxy) is 1. The smallest absolute Gasteiger partial charge is 0.433 e. The Morgan fingerprint density at radius 2 is 1.73 bits per heavy atom. The van der Waals surface area contributed by atoms with Crippen molar-refractivity contribution in [3.8, 4) is 16.9 Å². The minimum atomic E-state index is -4.50. The maximum atomic E-state index is 13.4. The van der Waals surface area contributed by atoms with Crippen LogP contribution in [0, 0.1) is 5.82 Å². The third-order valence-corrected chi connectivity index (χ3v) is 5.40. The highest BCUT2D eigenvalue weighted by atomic mass is 19.4. The van der Waals surface area contributed by atoms with Crippen LogP contribution in [-0.2, 0) is 6.18 Å². The second-order valence-electron chi connectivity index (χ2n) is 7.64. The molecule has 1 aromatic carbocycles. The Hall–Kier alpha value is -3.69. The van der Waals surface area contributed by atoms with Crippen LogP contribution in [0.25, 0.3) is 11.1 Å². The summed E-state index contributed by atoms with van der Waals surface area (Å²) in [5, 5.41) is 0. The molecule has 0 bridgehead atoms. The van der Waals surface area contributed by atoms with E-state index in [0.717, 1.165) is 18.0 Å². The van der Waals surface area contributed by atoms with Crippen molar-refractivity contribution in [1.29, 1.82) is 0 Å². The van der Waals surface area contributed by atoms with Gasteiger partial charge in [-0.25, -0.2) is 14.4 Å². The van der Waals surface area contributed by atoms with Crippen molar-refractivity contribution in [2.24, 2.45) is 5.73 Å². The molecule has 1 fully saturated rings. The van der Waals surface area contributed by atoms with Crippen molar-refractivity contribution >= 4 is 11.6 Å². The number of hydrogen-bond acceptors (Lipinski definition) is 5. The summed E-state index contributed by atoms with van der Waals surface area (Å²) in [4.78, 5) is 21.3. The molecule has 0 aliphatic carbocycles. The van der Waals surface area contributed by atoms with Crippen LogP contribution in [0.1, 0.15) is 29.0 Å². The number of rotatable bonds is 5. The van der Waals surface area contributed by atoms with E-state index in [4.69, 9.17) is 10.5 Å². The number of primary amides is 1. The van der Waals surface area contributed by atoms with Crippen molar-refractivity contribution in [3.05, 3.63) is 72.1 Å². The van der Waals surface area contributed by atoms with Crippen LogP contribution in [0.2, 0.25) is 0 Å². The highest BCUT2D eigenvalue weighted by molar-refractivity contribution is 5.93. The van der Waals surface area contributed by atoms with E-state index in [1.807, 2.05) is 0 Å². The number of nitrogens with zero attached hydrogens (tertiary/aromatic N) is 3. The second kappa shape index (κ2) is 9.05. The fourth-order valence-electron chi connectivity index (χ4n) is 3.72. The van der Waals surface area contributed by atoms with Crippen molar-refractivity contribution in [2.45, 2.75) is 25.1 Å². The SMILES string of the molecule is NC(=O)c1cc(-c2ccc(F)cc2)c(N2CCC(Oc3ccc(C(F)(F)F)nc3)CC2)cn1. The van der Waals surface area contributed by atoms with Crippen LogP contribution in [0.4, 0.5) is 23.2 Å². The van der Waals surface area contributed by atoms with E-state index in [-0.39, 0.29) is 23.4 Å². The lowest BCUT2D eigenvalue weighted by Crippen LogP contribution is -2.38. The van der Waals surface area contributed by atoms with Crippen LogP contribution in [0.15, 0.2) is 54.9 Å². The molecule has 0 unspecified atom stereocenters. The zero-order valence-corrected chi connectivity index (χ0v) is 17.3. The molecule has 6 nitrogen and oxygen atoms in total. The van der Waals surface area contributed by atoms with E-state index in [2.05, 4.69) is 14.9 Å². The molecule has 0 saturated carbocycles. The normalized spacial score (nSPS) is 14.8. The van der Waals surface area contributed by atoms with Gasteiger partial charge in [0.15, 0.2) is 0 Å². The topological polar surface area (TPSA) is 81.3 Å². The Balaban J connectivity index is 1.48. The van der Waals surface area contributed by atoms with Crippen LogP contribution >= 0.6 is 0 Å². The molecular formula is C23H20F4N4O2. The fourth-order valence-corrected chi connectivity index (χ4v) is 3.72. The van der Waals surface area contributed by atoms with Gasteiger partial charge < -0.3 is 15.4 Å². The van der Waals surface area contributed by atoms with Gasteiger partial charge in [-0.05, 0) is 35.9 Å². The fraction of sp³-hybridized carbons (Fsp3) is 0.261. The van der Waals surface area contributed by atoms with Gasteiger partial charge in [0, 0.05) is 31.5 Å². The van der Waals surface area contributed by atoms with Gasteiger partial charge in [-0.3, -0.25) is 4.79 Å². The number of hydrogen-bond donors (Lipinski definition) is 1. The summed E-state index contributed by atoms with van der Waals surface area (Å²) in [6.07, 6.45) is -0.812. The summed E-state index contributed by atoms with van der Waals surface area (Å²) in [5.74, 6) is -0.761. The Bertz CT molecular complexity index is 1130. The highest BCUT2D eigenvalue weighted by Crippen LogP contribution is 2.34. The zero-order valence-electron chi connectivity index (χ0n) is 17.3. The van der Waals surface area contributed by atoms with Gasteiger partial charge in [0.2, 0.25) is 0 Å². The molecule has 3 heterocycles. The summed E-state index contributed by atoms with van der Waals surface area (Å²) in [6.45, 7) is 1.18. The lowest BCUT2D eigenvalue weighted by Gasteiger charge is -2.34. The molecule has 1 aliphatic heterocycles. The zero-order chi connectivity index (χ0) is 23.6. The van der Waals surface area contributed by atoms with Gasteiger partial charge in [0.25, 0.3) is 5.91 Å². The third kappa shape index (κ3) is 5.21. The van der Waals surface area contributed by atoms with Crippen LogP contribution < -0.4 is 15.4 Å². The Morgan fingerprint density at radius 1 is 1.03 bits per heavy atom. The standard InChI is InChI=1S/C23H20F4N4O2/c24-15-3-1-14(2-4-15)18-11-19(22(28)32)29-13-20(18)31-9-7-16(8-10-31)33-17-5-6-21(30-12-17)23(25,26)27/h1-6,11-13,16H,7-10H2,(H2,28,32). The van der Waals surface area contributed by atoms with Gasteiger partial charge in [-0.2, -0.15) is 13.2 Å². The second-order valence-corrected chi connectivity index (χ2v) is 7.64. The number of aromatic nitrogens is 2. The van der Waals surface area contributed by atoms with Crippen molar-refractivity contribution in [2.75, 3.05) is 18.0 Å². The molecule has 0 spiro atoms. The predicted molar refractivity (Wildman–Crippen MR) is 113 cm³/mol. The molecule has 4 rings (SSSR count). The number of carbonyl (C=O) groups is 1. The van der Waals surface area contributed by atoms with Crippen LogP contribution in [-0.4, -0.2) is 35.1 Å². The van der Waals surface area contributed by atoms with E-state index in [0.29, 0.717) is 37.1 Å². The van der Waals surface area contributed by atoms with Gasteiger partial charge >= 0.3 is 6.18 Å². The molecule has 1 saturated heterocycles. The van der Waals surface area contributed by atoms with Gasteiger partial charge in [0.05, 0.1) is 18.1 Å². The third-order valence-electron chi connectivity index (χ3n) is 5.40. The number of alkyl halides is 3. The maximum Gasteiger partial charge on any atom is 0.433 e. The van der Waals surface area contributed by atoms with E-state index in [1.54, 1.807) is 24.4 Å². The van der Waals surface area contributed by atoms with E-state index >= 15 is 0 Å². The molecule has 2 aromatic heterocycles. The number of nitrogens with two attached hydrogens (primary N) is 1. The van der Waals surface area contributed by atoms with Crippen LogP contribution in [0.3, 0.4) is 0 Å². The average Bonchev–Trinajstić information content (AvgIpc) is 2.79. The summed E-state index contributed by atoms with van der Waals surface area (Å²) in [5.41, 5.74) is 6.69. The summed E-state index contributed by atoms with van der Waals surface area (Å²) < 4.78 is 57.2. The van der Waals surface area contributed by atoms with Gasteiger partial charge in [-0.1, -0.05) is 12.1 Å². The maximum absolute atomic E-state index is 13.4. The monoisotopic (exact) mass is 460 g/mol. The summed E-state index contributed by atoms with van der Waals surface area (Å²) in [6, 6.07) is 9.65. The Morgan fingerprint density at radius 3 is 2.30 bits per heavy atom. The first-order valence-corrected chi connectivity index (χ1v) is 10.2. The van der Waals surface area contributed by atoms with Crippen molar-refractivity contribution in [3.63, 3.8) is 0 Å². The summed E-state index contributed by atoms with van der Waals surface area (Å²) >= 11 is 0. The molecule has 0 radical (unpaired) electrons. The number of halogens is 4. The Labute approximate surface area is 187 Å². The minimum absolute atomic E-state index is 0.103. The molecule has 1 amide bonds. The van der Waals surface area contributed by atoms with Crippen molar-refractivity contribution < 1.29 is 27.1 Å². The molecule has 1 aliphatic rings. The molecule has 2 N–H and O–H groups in total. The quantitative estimate of drug-likeness (QED) is 0.569. The van der Waals surface area contributed by atoms with E-state index in [1.165, 1.54) is 18.2 Å². The molecule has 3 aromatic rings. The van der Waals surface area contributed by atoms with E-state index < -0.39 is 17.8 Å². The minimum Gasteiger partial charge on any atom is -0.489 e. The first-order valence-electron chi connectivity index (χ1n) is 10.2.